The predicted octanol–water partition coefficient (Wildman–Crippen LogP) is 3.09. The Morgan fingerprint density at radius 1 is 0.941 bits per heavy atom. The third kappa shape index (κ3) is 2.59. The van der Waals surface area contributed by atoms with Gasteiger partial charge in [0.15, 0.2) is 0 Å². The molecule has 2 rings (SSSR count). The van der Waals surface area contributed by atoms with E-state index in [2.05, 4.69) is 12.1 Å². The Kier molecular flexibility index (Phi) is 3.66. The molecule has 87 valence electrons. The maximum absolute atomic E-state index is 5.34. The molecule has 2 heteroatoms. The molecular weight excluding hydrogens is 212 g/mol. The molecule has 0 bridgehead atoms. The first-order valence-corrected chi connectivity index (χ1v) is 5.50. The zero-order valence-corrected chi connectivity index (χ0v) is 10.1. The van der Waals surface area contributed by atoms with Crippen LogP contribution < -0.4 is 9.47 Å². The molecule has 0 aliphatic rings. The lowest BCUT2D eigenvalue weighted by Gasteiger charge is -2.10. The fourth-order valence-corrected chi connectivity index (χ4v) is 1.82. The summed E-state index contributed by atoms with van der Waals surface area (Å²) in [6.07, 6.45) is 0.758. The molecule has 0 heterocycles. The van der Waals surface area contributed by atoms with Crippen LogP contribution in [0.15, 0.2) is 42.5 Å². The average molecular weight is 227 g/mol. The van der Waals surface area contributed by atoms with Crippen molar-refractivity contribution in [2.75, 3.05) is 14.2 Å². The summed E-state index contributed by atoms with van der Waals surface area (Å²) in [6.45, 7) is 0. The summed E-state index contributed by atoms with van der Waals surface area (Å²) in [7, 11) is 3.36. The van der Waals surface area contributed by atoms with Gasteiger partial charge in [-0.05, 0) is 23.8 Å². The topological polar surface area (TPSA) is 18.5 Å². The molecule has 2 aromatic rings. The van der Waals surface area contributed by atoms with Crippen molar-refractivity contribution in [1.82, 2.24) is 0 Å². The number of methoxy groups -OCH3 is 2. The second kappa shape index (κ2) is 5.39. The predicted molar refractivity (Wildman–Crippen MR) is 67.6 cm³/mol. The fourth-order valence-electron chi connectivity index (χ4n) is 1.82. The van der Waals surface area contributed by atoms with Crippen LogP contribution in [0.4, 0.5) is 0 Å². The molecule has 2 nitrogen and oxygen atoms in total. The first-order chi connectivity index (χ1) is 8.35. The molecule has 17 heavy (non-hydrogen) atoms. The van der Waals surface area contributed by atoms with Gasteiger partial charge in [-0.2, -0.15) is 0 Å². The molecule has 0 N–H and O–H groups in total. The molecule has 0 aliphatic carbocycles. The van der Waals surface area contributed by atoms with Crippen LogP contribution in [-0.4, -0.2) is 14.2 Å². The summed E-state index contributed by atoms with van der Waals surface area (Å²) >= 11 is 0. The van der Waals surface area contributed by atoms with Crippen LogP contribution in [-0.2, 0) is 6.42 Å². The Labute approximate surface area is 102 Å². The van der Waals surface area contributed by atoms with Crippen LogP contribution in [0.25, 0.3) is 0 Å². The molecule has 0 atom stereocenters. The van der Waals surface area contributed by atoms with Gasteiger partial charge in [-0.3, -0.25) is 0 Å². The minimum Gasteiger partial charge on any atom is -0.496 e. The summed E-state index contributed by atoms with van der Waals surface area (Å²) < 4.78 is 10.7. The van der Waals surface area contributed by atoms with Crippen LogP contribution in [0.2, 0.25) is 0 Å². The molecule has 0 aromatic heterocycles. The van der Waals surface area contributed by atoms with Crippen molar-refractivity contribution in [3.05, 3.63) is 59.7 Å². The zero-order chi connectivity index (χ0) is 12.1. The maximum Gasteiger partial charge on any atom is 0.123 e. The van der Waals surface area contributed by atoms with Crippen LogP contribution in [0.3, 0.4) is 0 Å². The quantitative estimate of drug-likeness (QED) is 0.799. The highest BCUT2D eigenvalue weighted by Gasteiger charge is 2.07. The SMILES string of the molecule is COc1ccc[c]c1Cc1ccccc1OC. The fraction of sp³-hybridized carbons (Fsp3) is 0.200. The average Bonchev–Trinajstić information content (AvgIpc) is 2.40. The monoisotopic (exact) mass is 227 g/mol. The van der Waals surface area contributed by atoms with Gasteiger partial charge in [0.25, 0.3) is 0 Å². The van der Waals surface area contributed by atoms with Gasteiger partial charge in [0.2, 0.25) is 0 Å². The van der Waals surface area contributed by atoms with E-state index < -0.39 is 0 Å². The van der Waals surface area contributed by atoms with E-state index in [9.17, 15) is 0 Å². The first kappa shape index (κ1) is 11.5. The largest absolute Gasteiger partial charge is 0.496 e. The van der Waals surface area contributed by atoms with Crippen molar-refractivity contribution in [3.8, 4) is 11.5 Å². The van der Waals surface area contributed by atoms with E-state index in [0.29, 0.717) is 0 Å². The Morgan fingerprint density at radius 3 is 2.41 bits per heavy atom. The molecule has 0 unspecified atom stereocenters. The number of rotatable bonds is 4. The summed E-state index contributed by atoms with van der Waals surface area (Å²) in [5.74, 6) is 1.75. The minimum absolute atomic E-state index is 0.758. The molecule has 0 fully saturated rings. The van der Waals surface area contributed by atoms with Gasteiger partial charge in [-0.15, -0.1) is 0 Å². The molecule has 0 aliphatic heterocycles. The minimum atomic E-state index is 0.758. The molecule has 2 aromatic carbocycles. The van der Waals surface area contributed by atoms with Crippen LogP contribution in [0, 0.1) is 6.07 Å². The molecule has 0 saturated heterocycles. The van der Waals surface area contributed by atoms with Gasteiger partial charge in [0.1, 0.15) is 11.5 Å². The Hall–Kier alpha value is -1.96. The number of para-hydroxylation sites is 1. The lowest BCUT2D eigenvalue weighted by Crippen LogP contribution is -1.96. The van der Waals surface area contributed by atoms with Gasteiger partial charge in [-0.25, -0.2) is 0 Å². The van der Waals surface area contributed by atoms with Crippen molar-refractivity contribution in [1.29, 1.82) is 0 Å². The van der Waals surface area contributed by atoms with E-state index >= 15 is 0 Å². The van der Waals surface area contributed by atoms with Crippen molar-refractivity contribution >= 4 is 0 Å². The number of hydrogen-bond acceptors (Lipinski definition) is 2. The molecule has 0 saturated carbocycles. The van der Waals surface area contributed by atoms with Crippen molar-refractivity contribution in [2.24, 2.45) is 0 Å². The Bertz CT molecular complexity index is 446. The number of ether oxygens (including phenoxy) is 2. The van der Waals surface area contributed by atoms with Gasteiger partial charge >= 0.3 is 0 Å². The first-order valence-electron chi connectivity index (χ1n) is 5.50. The van der Waals surface area contributed by atoms with Crippen molar-refractivity contribution in [3.63, 3.8) is 0 Å². The van der Waals surface area contributed by atoms with Crippen LogP contribution in [0.5, 0.6) is 11.5 Å². The second-order valence-electron chi connectivity index (χ2n) is 3.71. The van der Waals surface area contributed by atoms with Gasteiger partial charge in [0.05, 0.1) is 14.2 Å². The maximum atomic E-state index is 5.34. The van der Waals surface area contributed by atoms with E-state index in [4.69, 9.17) is 9.47 Å². The van der Waals surface area contributed by atoms with Crippen molar-refractivity contribution in [2.45, 2.75) is 6.42 Å². The third-order valence-electron chi connectivity index (χ3n) is 2.68. The van der Waals surface area contributed by atoms with E-state index in [1.54, 1.807) is 14.2 Å². The lowest BCUT2D eigenvalue weighted by atomic mass is 10.0. The van der Waals surface area contributed by atoms with Gasteiger partial charge in [0, 0.05) is 12.0 Å². The summed E-state index contributed by atoms with van der Waals surface area (Å²) in [6, 6.07) is 17.0. The van der Waals surface area contributed by atoms with Crippen LogP contribution >= 0.6 is 0 Å². The van der Waals surface area contributed by atoms with Gasteiger partial charge < -0.3 is 9.47 Å². The van der Waals surface area contributed by atoms with E-state index in [-0.39, 0.29) is 0 Å². The normalized spacial score (nSPS) is 10.0. The smallest absolute Gasteiger partial charge is 0.123 e. The molecular formula is C15H15O2. The highest BCUT2D eigenvalue weighted by Crippen LogP contribution is 2.25. The number of benzene rings is 2. The zero-order valence-electron chi connectivity index (χ0n) is 10.1. The molecule has 0 amide bonds. The summed E-state index contributed by atoms with van der Waals surface area (Å²) in [5, 5.41) is 0. The van der Waals surface area contributed by atoms with E-state index in [1.807, 2.05) is 36.4 Å². The molecule has 0 spiro atoms. The Balaban J connectivity index is 2.31. The molecule has 1 radical (unpaired) electrons. The third-order valence-corrected chi connectivity index (χ3v) is 2.68. The Morgan fingerprint density at radius 2 is 1.65 bits per heavy atom. The van der Waals surface area contributed by atoms with E-state index in [0.717, 1.165) is 29.0 Å². The number of hydrogen-bond donors (Lipinski definition) is 0. The van der Waals surface area contributed by atoms with Gasteiger partial charge in [-0.1, -0.05) is 30.3 Å². The highest BCUT2D eigenvalue weighted by molar-refractivity contribution is 5.41. The lowest BCUT2D eigenvalue weighted by molar-refractivity contribution is 0.405. The highest BCUT2D eigenvalue weighted by atomic mass is 16.5. The van der Waals surface area contributed by atoms with E-state index in [1.165, 1.54) is 0 Å². The van der Waals surface area contributed by atoms with Crippen LogP contribution in [0.1, 0.15) is 11.1 Å². The summed E-state index contributed by atoms with van der Waals surface area (Å²) in [5.41, 5.74) is 2.18. The standard InChI is InChI=1S/C15H15O2/c1-16-14-9-5-3-7-12(14)11-13-8-4-6-10-15(13)17-2/h3-7,9-10H,11H2,1-2H3. The van der Waals surface area contributed by atoms with Crippen molar-refractivity contribution < 1.29 is 9.47 Å². The second-order valence-corrected chi connectivity index (χ2v) is 3.71. The summed E-state index contributed by atoms with van der Waals surface area (Å²) in [4.78, 5) is 0.